The number of fused-ring (bicyclic) bond motifs is 1. The number of aromatic hydroxyl groups is 1. The molecule has 1 aromatic carbocycles. The van der Waals surface area contributed by atoms with Crippen molar-refractivity contribution in [3.63, 3.8) is 0 Å². The number of aromatic amines is 1. The molecule has 0 fully saturated rings. The van der Waals surface area contributed by atoms with Crippen molar-refractivity contribution in [3.8, 4) is 5.88 Å². The fourth-order valence-electron chi connectivity index (χ4n) is 2.63. The summed E-state index contributed by atoms with van der Waals surface area (Å²) in [5.74, 6) is 0.754. The summed E-state index contributed by atoms with van der Waals surface area (Å²) < 4.78 is 0. The van der Waals surface area contributed by atoms with Gasteiger partial charge in [-0.3, -0.25) is 4.98 Å². The lowest BCUT2D eigenvalue weighted by atomic mass is 10.2. The highest BCUT2D eigenvalue weighted by atomic mass is 16.3. The minimum atomic E-state index is -0.0439. The van der Waals surface area contributed by atoms with E-state index in [1.165, 1.54) is 0 Å². The Balaban J connectivity index is 1.80. The zero-order chi connectivity index (χ0) is 18.6. The smallest absolute Gasteiger partial charge is 0.218 e. The molecular weight excluding hydrogens is 340 g/mol. The van der Waals surface area contributed by atoms with E-state index in [0.717, 1.165) is 16.5 Å². The van der Waals surface area contributed by atoms with Gasteiger partial charge in [-0.05, 0) is 43.3 Å². The number of aromatic nitrogens is 3. The number of benzene rings is 1. The van der Waals surface area contributed by atoms with Crippen LogP contribution in [0.2, 0.25) is 0 Å². The van der Waals surface area contributed by atoms with Gasteiger partial charge in [0, 0.05) is 17.8 Å². The van der Waals surface area contributed by atoms with Crippen LogP contribution in [-0.4, -0.2) is 25.9 Å². The van der Waals surface area contributed by atoms with E-state index in [2.05, 4.69) is 30.2 Å². The lowest BCUT2D eigenvalue weighted by molar-refractivity contribution is 0.459. The number of amidine groups is 1. The Morgan fingerprint density at radius 2 is 1.81 bits per heavy atom. The molecule has 7 nitrogen and oxygen atoms in total. The Hall–Kier alpha value is -3.87. The molecule has 0 bridgehead atoms. The van der Waals surface area contributed by atoms with Gasteiger partial charge in [0.1, 0.15) is 5.69 Å². The maximum atomic E-state index is 10.2. The number of hydrogen-bond donors (Lipinski definition) is 2. The average Bonchev–Trinajstić information content (AvgIpc) is 3.01. The highest BCUT2D eigenvalue weighted by molar-refractivity contribution is 6.00. The summed E-state index contributed by atoms with van der Waals surface area (Å²) in [6.45, 7) is 1.98. The molecule has 0 radical (unpaired) electrons. The minimum absolute atomic E-state index is 0.0439. The molecule has 0 aliphatic carbocycles. The summed E-state index contributed by atoms with van der Waals surface area (Å²) in [6.07, 6.45) is 3.31. The standard InChI is InChI=1S/C20H16N6O/c1-13-8-9-15-14(12-13)18(20(27)23-15)25-26-19(16-6-2-4-10-21-16)24-17-7-3-5-11-22-17/h2-12,23,27H,1H3/b24-19+,26-25?. The van der Waals surface area contributed by atoms with E-state index < -0.39 is 0 Å². The normalized spacial score (nSPS) is 12.1. The second-order valence-electron chi connectivity index (χ2n) is 5.91. The predicted molar refractivity (Wildman–Crippen MR) is 104 cm³/mol. The van der Waals surface area contributed by atoms with Crippen molar-refractivity contribution in [2.45, 2.75) is 6.92 Å². The summed E-state index contributed by atoms with van der Waals surface area (Å²) in [5, 5.41) is 19.5. The molecule has 3 heterocycles. The number of pyridine rings is 2. The second kappa shape index (κ2) is 7.17. The Morgan fingerprint density at radius 3 is 2.56 bits per heavy atom. The first-order chi connectivity index (χ1) is 13.2. The van der Waals surface area contributed by atoms with Crippen LogP contribution in [0.4, 0.5) is 11.5 Å². The van der Waals surface area contributed by atoms with Gasteiger partial charge in [0.25, 0.3) is 0 Å². The van der Waals surface area contributed by atoms with Gasteiger partial charge in [-0.1, -0.05) is 23.8 Å². The van der Waals surface area contributed by atoms with Crippen LogP contribution in [0, 0.1) is 6.92 Å². The second-order valence-corrected chi connectivity index (χ2v) is 5.91. The van der Waals surface area contributed by atoms with Crippen molar-refractivity contribution in [1.29, 1.82) is 0 Å². The van der Waals surface area contributed by atoms with Crippen LogP contribution < -0.4 is 0 Å². The summed E-state index contributed by atoms with van der Waals surface area (Å²) in [4.78, 5) is 15.8. The van der Waals surface area contributed by atoms with Crippen LogP contribution in [-0.2, 0) is 0 Å². The zero-order valence-electron chi connectivity index (χ0n) is 14.5. The molecule has 0 aliphatic heterocycles. The maximum Gasteiger partial charge on any atom is 0.218 e. The third kappa shape index (κ3) is 3.57. The summed E-state index contributed by atoms with van der Waals surface area (Å²) in [6, 6.07) is 16.7. The topological polar surface area (TPSA) is 98.9 Å². The highest BCUT2D eigenvalue weighted by Gasteiger charge is 2.12. The van der Waals surface area contributed by atoms with Crippen LogP contribution in [0.25, 0.3) is 10.9 Å². The fourth-order valence-corrected chi connectivity index (χ4v) is 2.63. The van der Waals surface area contributed by atoms with Crippen LogP contribution in [0.15, 0.2) is 82.2 Å². The van der Waals surface area contributed by atoms with Gasteiger partial charge in [0.2, 0.25) is 11.7 Å². The Bertz CT molecular complexity index is 1130. The summed E-state index contributed by atoms with van der Waals surface area (Å²) in [5.41, 5.74) is 2.76. The lowest BCUT2D eigenvalue weighted by Crippen LogP contribution is -1.99. The Kier molecular flexibility index (Phi) is 4.40. The third-order valence-corrected chi connectivity index (χ3v) is 3.92. The predicted octanol–water partition coefficient (Wildman–Crippen LogP) is 4.83. The maximum absolute atomic E-state index is 10.2. The highest BCUT2D eigenvalue weighted by Crippen LogP contribution is 2.36. The molecule has 0 spiro atoms. The van der Waals surface area contributed by atoms with Gasteiger partial charge in [-0.15, -0.1) is 10.2 Å². The number of H-pyrrole nitrogens is 1. The van der Waals surface area contributed by atoms with Crippen molar-refractivity contribution < 1.29 is 5.11 Å². The number of aryl methyl sites for hydroxylation is 1. The molecule has 0 saturated carbocycles. The molecule has 0 amide bonds. The van der Waals surface area contributed by atoms with Crippen molar-refractivity contribution in [1.82, 2.24) is 15.0 Å². The number of aliphatic imine (C=N–C) groups is 1. The molecule has 0 unspecified atom stereocenters. The van der Waals surface area contributed by atoms with Gasteiger partial charge in [0.05, 0.1) is 5.52 Å². The molecular formula is C20H16N6O. The van der Waals surface area contributed by atoms with Gasteiger partial charge < -0.3 is 10.1 Å². The number of hydrogen-bond acceptors (Lipinski definition) is 5. The molecule has 132 valence electrons. The molecule has 2 N–H and O–H groups in total. The molecule has 0 saturated heterocycles. The van der Waals surface area contributed by atoms with Crippen molar-refractivity contribution in [2.24, 2.45) is 15.2 Å². The zero-order valence-corrected chi connectivity index (χ0v) is 14.5. The minimum Gasteiger partial charge on any atom is -0.493 e. The summed E-state index contributed by atoms with van der Waals surface area (Å²) in [7, 11) is 0. The first kappa shape index (κ1) is 16.6. The van der Waals surface area contributed by atoms with E-state index in [9.17, 15) is 5.11 Å². The van der Waals surface area contributed by atoms with Crippen LogP contribution in [0.3, 0.4) is 0 Å². The van der Waals surface area contributed by atoms with E-state index in [4.69, 9.17) is 0 Å². The van der Waals surface area contributed by atoms with E-state index in [1.54, 1.807) is 24.5 Å². The molecule has 27 heavy (non-hydrogen) atoms. The quantitative estimate of drug-likeness (QED) is 0.312. The van der Waals surface area contributed by atoms with Crippen LogP contribution >= 0.6 is 0 Å². The van der Waals surface area contributed by atoms with E-state index in [1.807, 2.05) is 49.4 Å². The molecule has 7 heteroatoms. The molecule has 3 aromatic heterocycles. The molecule has 0 atom stereocenters. The van der Waals surface area contributed by atoms with Gasteiger partial charge in [-0.25, -0.2) is 9.98 Å². The van der Waals surface area contributed by atoms with Crippen molar-refractivity contribution in [3.05, 3.63) is 78.2 Å². The van der Waals surface area contributed by atoms with E-state index in [0.29, 0.717) is 23.0 Å². The van der Waals surface area contributed by atoms with Crippen molar-refractivity contribution >= 4 is 28.2 Å². The molecule has 4 aromatic rings. The van der Waals surface area contributed by atoms with E-state index in [-0.39, 0.29) is 5.88 Å². The third-order valence-electron chi connectivity index (χ3n) is 3.92. The largest absolute Gasteiger partial charge is 0.493 e. The van der Waals surface area contributed by atoms with Crippen molar-refractivity contribution in [2.75, 3.05) is 0 Å². The van der Waals surface area contributed by atoms with Crippen LogP contribution in [0.5, 0.6) is 5.88 Å². The molecule has 0 aliphatic rings. The first-order valence-electron chi connectivity index (χ1n) is 8.35. The Labute approximate surface area is 155 Å². The number of nitrogens with zero attached hydrogens (tertiary/aromatic N) is 5. The monoisotopic (exact) mass is 356 g/mol. The SMILES string of the molecule is Cc1ccc2[nH]c(O)c(N=N/C(=N/c3ccccn3)c3ccccn3)c2c1. The first-order valence-corrected chi connectivity index (χ1v) is 8.35. The summed E-state index contributed by atoms with van der Waals surface area (Å²) >= 11 is 0. The fraction of sp³-hybridized carbons (Fsp3) is 0.0500. The van der Waals surface area contributed by atoms with Gasteiger partial charge >= 0.3 is 0 Å². The van der Waals surface area contributed by atoms with Gasteiger partial charge in [0.15, 0.2) is 11.5 Å². The van der Waals surface area contributed by atoms with Gasteiger partial charge in [-0.2, -0.15) is 0 Å². The number of nitrogens with one attached hydrogen (secondary N) is 1. The number of azo groups is 1. The van der Waals surface area contributed by atoms with Crippen LogP contribution in [0.1, 0.15) is 11.3 Å². The Morgan fingerprint density at radius 1 is 1.00 bits per heavy atom. The average molecular weight is 356 g/mol. The van der Waals surface area contributed by atoms with E-state index >= 15 is 0 Å². The molecule has 4 rings (SSSR count). The number of rotatable bonds is 3. The lowest BCUT2D eigenvalue weighted by Gasteiger charge is -2.00.